The lowest BCUT2D eigenvalue weighted by atomic mass is 10.1. The van der Waals surface area contributed by atoms with Crippen LogP contribution in [-0.2, 0) is 11.2 Å². The van der Waals surface area contributed by atoms with Gasteiger partial charge in [0.1, 0.15) is 6.61 Å². The van der Waals surface area contributed by atoms with Crippen LogP contribution in [0.25, 0.3) is 0 Å². The summed E-state index contributed by atoms with van der Waals surface area (Å²) in [5.74, 6) is -0.374. The fourth-order valence-corrected chi connectivity index (χ4v) is 1.14. The minimum absolute atomic E-state index is 0.374. The van der Waals surface area contributed by atoms with Gasteiger partial charge >= 0.3 is 0 Å². The van der Waals surface area contributed by atoms with E-state index in [1.807, 2.05) is 31.2 Å². The van der Waals surface area contributed by atoms with Crippen molar-refractivity contribution in [3.05, 3.63) is 29.8 Å². The molecule has 13 heavy (non-hydrogen) atoms. The molecule has 0 bridgehead atoms. The molecule has 1 aromatic carbocycles. The van der Waals surface area contributed by atoms with Gasteiger partial charge in [-0.2, -0.15) is 0 Å². The van der Waals surface area contributed by atoms with E-state index >= 15 is 0 Å². The number of nitrogens with one attached hydrogen (secondary N) is 1. The molecule has 0 saturated carbocycles. The summed E-state index contributed by atoms with van der Waals surface area (Å²) in [5, 5.41) is 11.2. The van der Waals surface area contributed by atoms with Crippen LogP contribution in [0.15, 0.2) is 24.3 Å². The molecule has 0 aromatic heterocycles. The van der Waals surface area contributed by atoms with E-state index in [0.29, 0.717) is 0 Å². The van der Waals surface area contributed by atoms with Crippen LogP contribution in [0.2, 0.25) is 0 Å². The number of carbonyl (C=O) groups excluding carboxylic acids is 1. The molecule has 0 atom stereocenters. The highest BCUT2D eigenvalue weighted by Crippen LogP contribution is 2.14. The maximum Gasteiger partial charge on any atom is 0.250 e. The molecule has 0 aliphatic heterocycles. The Hall–Kier alpha value is -1.35. The zero-order chi connectivity index (χ0) is 9.68. The number of benzene rings is 1. The van der Waals surface area contributed by atoms with Crippen molar-refractivity contribution in [1.82, 2.24) is 0 Å². The number of rotatable bonds is 3. The van der Waals surface area contributed by atoms with Crippen LogP contribution in [0.5, 0.6) is 0 Å². The summed E-state index contributed by atoms with van der Waals surface area (Å²) in [6.45, 7) is 1.54. The standard InChI is InChI=1S/C10H13NO2/c1-2-8-5-3-4-6-9(8)11-10(13)7-12/h3-6,12H,2,7H2,1H3,(H,11,13). The Bertz CT molecular complexity index is 297. The number of anilines is 1. The van der Waals surface area contributed by atoms with Gasteiger partial charge in [-0.3, -0.25) is 4.79 Å². The highest BCUT2D eigenvalue weighted by Gasteiger charge is 2.02. The van der Waals surface area contributed by atoms with Crippen LogP contribution >= 0.6 is 0 Å². The Morgan fingerprint density at radius 1 is 1.46 bits per heavy atom. The second kappa shape index (κ2) is 4.62. The zero-order valence-electron chi connectivity index (χ0n) is 7.58. The SMILES string of the molecule is CCc1ccccc1NC(=O)CO. The van der Waals surface area contributed by atoms with Crippen molar-refractivity contribution in [3.8, 4) is 0 Å². The summed E-state index contributed by atoms with van der Waals surface area (Å²) in [6.07, 6.45) is 0.863. The first-order valence-corrected chi connectivity index (χ1v) is 4.26. The molecule has 3 nitrogen and oxygen atoms in total. The highest BCUT2D eigenvalue weighted by molar-refractivity contribution is 5.92. The monoisotopic (exact) mass is 179 g/mol. The average molecular weight is 179 g/mol. The van der Waals surface area contributed by atoms with E-state index in [1.54, 1.807) is 0 Å². The van der Waals surface area contributed by atoms with Crippen molar-refractivity contribution in [2.24, 2.45) is 0 Å². The number of hydrogen-bond acceptors (Lipinski definition) is 2. The third-order valence-corrected chi connectivity index (χ3v) is 1.82. The Morgan fingerprint density at radius 2 is 2.15 bits per heavy atom. The maximum absolute atomic E-state index is 10.9. The number of amides is 1. The smallest absolute Gasteiger partial charge is 0.250 e. The summed E-state index contributed by atoms with van der Waals surface area (Å²) in [7, 11) is 0. The van der Waals surface area contributed by atoms with Gasteiger partial charge in [0, 0.05) is 5.69 Å². The van der Waals surface area contributed by atoms with Gasteiger partial charge in [-0.15, -0.1) is 0 Å². The topological polar surface area (TPSA) is 49.3 Å². The fourth-order valence-electron chi connectivity index (χ4n) is 1.14. The lowest BCUT2D eigenvalue weighted by molar-refractivity contribution is -0.118. The largest absolute Gasteiger partial charge is 0.387 e. The van der Waals surface area contributed by atoms with Gasteiger partial charge in [-0.1, -0.05) is 25.1 Å². The van der Waals surface area contributed by atoms with E-state index < -0.39 is 6.61 Å². The zero-order valence-corrected chi connectivity index (χ0v) is 7.58. The van der Waals surface area contributed by atoms with Crippen LogP contribution in [0.1, 0.15) is 12.5 Å². The second-order valence-corrected chi connectivity index (χ2v) is 2.72. The van der Waals surface area contributed by atoms with Crippen molar-refractivity contribution in [1.29, 1.82) is 0 Å². The van der Waals surface area contributed by atoms with E-state index in [9.17, 15) is 4.79 Å². The van der Waals surface area contributed by atoms with Crippen LogP contribution in [0.4, 0.5) is 5.69 Å². The summed E-state index contributed by atoms with van der Waals surface area (Å²) in [6, 6.07) is 7.55. The molecule has 0 radical (unpaired) electrons. The van der Waals surface area contributed by atoms with Gasteiger partial charge in [0.25, 0.3) is 0 Å². The summed E-state index contributed by atoms with van der Waals surface area (Å²) < 4.78 is 0. The number of aliphatic hydroxyl groups is 1. The molecule has 70 valence electrons. The molecule has 2 N–H and O–H groups in total. The molecule has 0 aliphatic carbocycles. The number of aliphatic hydroxyl groups excluding tert-OH is 1. The molecule has 1 aromatic rings. The van der Waals surface area contributed by atoms with Gasteiger partial charge in [0.05, 0.1) is 0 Å². The average Bonchev–Trinajstić information content (AvgIpc) is 2.18. The van der Waals surface area contributed by atoms with Crippen LogP contribution < -0.4 is 5.32 Å². The molecule has 0 unspecified atom stereocenters. The number of carbonyl (C=O) groups is 1. The minimum Gasteiger partial charge on any atom is -0.387 e. The normalized spacial score (nSPS) is 9.69. The predicted octanol–water partition coefficient (Wildman–Crippen LogP) is 1.18. The first-order valence-electron chi connectivity index (χ1n) is 4.26. The third-order valence-electron chi connectivity index (χ3n) is 1.82. The van der Waals surface area contributed by atoms with E-state index in [2.05, 4.69) is 5.32 Å². The van der Waals surface area contributed by atoms with Gasteiger partial charge in [-0.25, -0.2) is 0 Å². The Kier molecular flexibility index (Phi) is 3.46. The van der Waals surface area contributed by atoms with Gasteiger partial charge < -0.3 is 10.4 Å². The molecule has 1 amide bonds. The van der Waals surface area contributed by atoms with Crippen molar-refractivity contribution in [2.45, 2.75) is 13.3 Å². The Balaban J connectivity index is 2.81. The van der Waals surface area contributed by atoms with E-state index in [4.69, 9.17) is 5.11 Å². The first kappa shape index (κ1) is 9.74. The molecule has 1 rings (SSSR count). The maximum atomic E-state index is 10.9. The fraction of sp³-hybridized carbons (Fsp3) is 0.300. The van der Waals surface area contributed by atoms with Crippen LogP contribution in [-0.4, -0.2) is 17.6 Å². The molecule has 0 fully saturated rings. The van der Waals surface area contributed by atoms with Crippen LogP contribution in [0, 0.1) is 0 Å². The minimum atomic E-state index is -0.474. The van der Waals surface area contributed by atoms with E-state index in [1.165, 1.54) is 0 Å². The van der Waals surface area contributed by atoms with Crippen molar-refractivity contribution >= 4 is 11.6 Å². The first-order chi connectivity index (χ1) is 6.27. The van der Waals surface area contributed by atoms with Crippen LogP contribution in [0.3, 0.4) is 0 Å². The van der Waals surface area contributed by atoms with Crippen molar-refractivity contribution in [3.63, 3.8) is 0 Å². The summed E-state index contributed by atoms with van der Waals surface area (Å²) in [5.41, 5.74) is 1.85. The summed E-state index contributed by atoms with van der Waals surface area (Å²) >= 11 is 0. The molecular formula is C10H13NO2. The molecule has 0 heterocycles. The second-order valence-electron chi connectivity index (χ2n) is 2.72. The number of para-hydroxylation sites is 1. The Labute approximate surface area is 77.4 Å². The molecule has 0 spiro atoms. The molecular weight excluding hydrogens is 166 g/mol. The highest BCUT2D eigenvalue weighted by atomic mass is 16.3. The third kappa shape index (κ3) is 2.56. The van der Waals surface area contributed by atoms with E-state index in [0.717, 1.165) is 17.7 Å². The Morgan fingerprint density at radius 3 is 2.77 bits per heavy atom. The summed E-state index contributed by atoms with van der Waals surface area (Å²) in [4.78, 5) is 10.9. The number of aryl methyl sites for hydroxylation is 1. The van der Waals surface area contributed by atoms with Gasteiger partial charge in [0.2, 0.25) is 5.91 Å². The van der Waals surface area contributed by atoms with Crippen molar-refractivity contribution < 1.29 is 9.90 Å². The quantitative estimate of drug-likeness (QED) is 0.732. The predicted molar refractivity (Wildman–Crippen MR) is 51.5 cm³/mol. The molecule has 0 saturated heterocycles. The molecule has 0 aliphatic rings. The lowest BCUT2D eigenvalue weighted by Crippen LogP contribution is -2.16. The molecule has 3 heteroatoms. The van der Waals surface area contributed by atoms with Gasteiger partial charge in [0.15, 0.2) is 0 Å². The van der Waals surface area contributed by atoms with Gasteiger partial charge in [-0.05, 0) is 18.1 Å². The van der Waals surface area contributed by atoms with E-state index in [-0.39, 0.29) is 5.91 Å². The van der Waals surface area contributed by atoms with Crippen molar-refractivity contribution in [2.75, 3.05) is 11.9 Å². The number of hydrogen-bond donors (Lipinski definition) is 2. The lowest BCUT2D eigenvalue weighted by Gasteiger charge is -2.07.